The number of nitrogens with zero attached hydrogens (tertiary/aromatic N) is 1. The number of ether oxygens (including phenoxy) is 2. The molecule has 2 N–H and O–H groups in total. The fraction of sp³-hybridized carbons (Fsp3) is 0.300. The highest BCUT2D eigenvalue weighted by Gasteiger charge is 2.32. The van der Waals surface area contributed by atoms with Crippen molar-refractivity contribution in [3.63, 3.8) is 0 Å². The molecule has 0 spiro atoms. The minimum atomic E-state index is -4.76. The van der Waals surface area contributed by atoms with Crippen molar-refractivity contribution >= 4 is 17.5 Å². The number of carbonyl (C=O) groups excluding carboxylic acids is 2. The van der Waals surface area contributed by atoms with Crippen LogP contribution in [0.25, 0.3) is 0 Å². The summed E-state index contributed by atoms with van der Waals surface area (Å²) in [6, 6.07) is 10.6. The average molecular weight is 408 g/mol. The number of primary amides is 1. The number of hydrogen-bond donors (Lipinski definition) is 1. The highest BCUT2D eigenvalue weighted by molar-refractivity contribution is 5.95. The molecule has 154 valence electrons. The lowest BCUT2D eigenvalue weighted by atomic mass is 10.0. The van der Waals surface area contributed by atoms with E-state index in [1.54, 1.807) is 24.3 Å². The Morgan fingerprint density at radius 2 is 1.76 bits per heavy atom. The van der Waals surface area contributed by atoms with Crippen molar-refractivity contribution in [1.82, 2.24) is 0 Å². The van der Waals surface area contributed by atoms with Crippen LogP contribution in [-0.4, -0.2) is 31.3 Å². The van der Waals surface area contributed by atoms with Crippen molar-refractivity contribution in [2.75, 3.05) is 18.1 Å². The van der Waals surface area contributed by atoms with Crippen LogP contribution in [0, 0.1) is 0 Å². The summed E-state index contributed by atoms with van der Waals surface area (Å²) in [6.07, 6.45) is -3.48. The van der Waals surface area contributed by atoms with Crippen LogP contribution < -0.4 is 20.1 Å². The number of halogens is 3. The van der Waals surface area contributed by atoms with E-state index in [2.05, 4.69) is 4.74 Å². The number of hydrogen-bond acceptors (Lipinski definition) is 4. The smallest absolute Gasteiger partial charge is 0.484 e. The maximum absolute atomic E-state index is 12.6. The van der Waals surface area contributed by atoms with Crippen LogP contribution in [0.1, 0.15) is 17.5 Å². The molecule has 0 aliphatic carbocycles. The number of rotatable bonds is 6. The maximum Gasteiger partial charge on any atom is 0.573 e. The molecular weight excluding hydrogens is 389 g/mol. The Balaban J connectivity index is 1.64. The first-order valence-corrected chi connectivity index (χ1v) is 8.90. The number of fused-ring (bicyclic) bond motifs is 1. The molecule has 3 rings (SSSR count). The molecule has 0 radical (unpaired) electrons. The standard InChI is InChI=1S/C20H19F3N2O4/c21-20(22,23)29-16-7-8-17-14(11-16)2-1-9-25(17)19(27)12-28-15-5-3-13(4-6-15)10-18(24)26/h3-8,11H,1-2,9-10,12H2,(H2,24,26). The lowest BCUT2D eigenvalue weighted by Crippen LogP contribution is -2.38. The normalized spacial score (nSPS) is 13.6. The predicted octanol–water partition coefficient (Wildman–Crippen LogP) is 2.97. The zero-order valence-corrected chi connectivity index (χ0v) is 15.4. The van der Waals surface area contributed by atoms with Crippen molar-refractivity contribution in [3.05, 3.63) is 53.6 Å². The van der Waals surface area contributed by atoms with Crippen LogP contribution in [0.15, 0.2) is 42.5 Å². The van der Waals surface area contributed by atoms with Crippen molar-refractivity contribution in [3.8, 4) is 11.5 Å². The fourth-order valence-corrected chi connectivity index (χ4v) is 3.16. The van der Waals surface area contributed by atoms with E-state index in [9.17, 15) is 22.8 Å². The monoisotopic (exact) mass is 408 g/mol. The second kappa shape index (κ2) is 8.42. The summed E-state index contributed by atoms with van der Waals surface area (Å²) in [4.78, 5) is 25.0. The molecule has 2 aromatic rings. The molecule has 1 aliphatic rings. The number of alkyl halides is 3. The molecule has 0 fully saturated rings. The van der Waals surface area contributed by atoms with Gasteiger partial charge < -0.3 is 20.1 Å². The Hall–Kier alpha value is -3.23. The van der Waals surface area contributed by atoms with Gasteiger partial charge in [-0.25, -0.2) is 0 Å². The van der Waals surface area contributed by atoms with E-state index in [1.165, 1.54) is 23.1 Å². The third-order valence-electron chi connectivity index (χ3n) is 4.37. The molecule has 0 saturated heterocycles. The van der Waals surface area contributed by atoms with Gasteiger partial charge in [-0.3, -0.25) is 9.59 Å². The van der Waals surface area contributed by atoms with Crippen molar-refractivity contribution < 1.29 is 32.2 Å². The van der Waals surface area contributed by atoms with E-state index >= 15 is 0 Å². The van der Waals surface area contributed by atoms with Gasteiger partial charge in [-0.15, -0.1) is 13.2 Å². The second-order valence-electron chi connectivity index (χ2n) is 6.56. The lowest BCUT2D eigenvalue weighted by Gasteiger charge is -2.29. The zero-order valence-electron chi connectivity index (χ0n) is 15.4. The highest BCUT2D eigenvalue weighted by atomic mass is 19.4. The van der Waals surface area contributed by atoms with E-state index in [0.717, 1.165) is 5.56 Å². The largest absolute Gasteiger partial charge is 0.573 e. The van der Waals surface area contributed by atoms with Gasteiger partial charge in [-0.2, -0.15) is 0 Å². The third-order valence-corrected chi connectivity index (χ3v) is 4.37. The summed E-state index contributed by atoms with van der Waals surface area (Å²) in [5.41, 5.74) is 7.04. The number of anilines is 1. The Morgan fingerprint density at radius 3 is 2.41 bits per heavy atom. The van der Waals surface area contributed by atoms with E-state index in [-0.39, 0.29) is 24.7 Å². The molecule has 9 heteroatoms. The molecular formula is C20H19F3N2O4. The van der Waals surface area contributed by atoms with Crippen LogP contribution >= 0.6 is 0 Å². The van der Waals surface area contributed by atoms with Gasteiger partial charge >= 0.3 is 6.36 Å². The number of aryl methyl sites for hydroxylation is 1. The van der Waals surface area contributed by atoms with Crippen molar-refractivity contribution in [2.45, 2.75) is 25.6 Å². The molecule has 0 unspecified atom stereocenters. The first-order chi connectivity index (χ1) is 13.7. The summed E-state index contributed by atoms with van der Waals surface area (Å²) >= 11 is 0. The summed E-state index contributed by atoms with van der Waals surface area (Å²) < 4.78 is 46.7. The molecule has 0 atom stereocenters. The summed E-state index contributed by atoms with van der Waals surface area (Å²) in [6.45, 7) is 0.224. The SMILES string of the molecule is NC(=O)Cc1ccc(OCC(=O)N2CCCc3cc(OC(F)(F)F)ccc32)cc1. The molecule has 0 aromatic heterocycles. The van der Waals surface area contributed by atoms with E-state index in [4.69, 9.17) is 10.5 Å². The van der Waals surface area contributed by atoms with Gasteiger partial charge in [0, 0.05) is 12.2 Å². The van der Waals surface area contributed by atoms with Gasteiger partial charge in [0.1, 0.15) is 11.5 Å². The highest BCUT2D eigenvalue weighted by Crippen LogP contribution is 2.32. The Labute approximate surface area is 165 Å². The van der Waals surface area contributed by atoms with E-state index < -0.39 is 12.3 Å². The zero-order chi connectivity index (χ0) is 21.0. The topological polar surface area (TPSA) is 81.9 Å². The first-order valence-electron chi connectivity index (χ1n) is 8.90. The molecule has 2 amide bonds. The van der Waals surface area contributed by atoms with Gasteiger partial charge in [0.05, 0.1) is 6.42 Å². The Morgan fingerprint density at radius 1 is 1.07 bits per heavy atom. The van der Waals surface area contributed by atoms with Gasteiger partial charge in [-0.1, -0.05) is 12.1 Å². The first kappa shape index (κ1) is 20.5. The van der Waals surface area contributed by atoms with Gasteiger partial charge in [0.2, 0.25) is 5.91 Å². The number of nitrogens with two attached hydrogens (primary N) is 1. The quantitative estimate of drug-likeness (QED) is 0.797. The predicted molar refractivity (Wildman–Crippen MR) is 98.6 cm³/mol. The van der Waals surface area contributed by atoms with Crippen LogP contribution in [0.2, 0.25) is 0 Å². The molecule has 1 heterocycles. The lowest BCUT2D eigenvalue weighted by molar-refractivity contribution is -0.274. The van der Waals surface area contributed by atoms with Crippen LogP contribution in [-0.2, 0) is 22.4 Å². The Bertz CT molecular complexity index is 898. The average Bonchev–Trinajstić information content (AvgIpc) is 2.65. The second-order valence-corrected chi connectivity index (χ2v) is 6.56. The molecule has 0 bridgehead atoms. The van der Waals surface area contributed by atoms with Crippen molar-refractivity contribution in [2.24, 2.45) is 5.73 Å². The van der Waals surface area contributed by atoms with E-state index in [1.807, 2.05) is 0 Å². The fourth-order valence-electron chi connectivity index (χ4n) is 3.16. The summed E-state index contributed by atoms with van der Waals surface area (Å²) in [7, 11) is 0. The van der Waals surface area contributed by atoms with Crippen molar-refractivity contribution in [1.29, 1.82) is 0 Å². The van der Waals surface area contributed by atoms with Crippen LogP contribution in [0.4, 0.5) is 18.9 Å². The number of carbonyl (C=O) groups is 2. The molecule has 29 heavy (non-hydrogen) atoms. The molecule has 1 aliphatic heterocycles. The van der Waals surface area contributed by atoms with Crippen LogP contribution in [0.3, 0.4) is 0 Å². The number of benzene rings is 2. The minimum absolute atomic E-state index is 0.115. The minimum Gasteiger partial charge on any atom is -0.484 e. The molecule has 6 nitrogen and oxygen atoms in total. The van der Waals surface area contributed by atoms with Gasteiger partial charge in [0.15, 0.2) is 6.61 Å². The van der Waals surface area contributed by atoms with Crippen LogP contribution in [0.5, 0.6) is 11.5 Å². The van der Waals surface area contributed by atoms with E-state index in [0.29, 0.717) is 36.4 Å². The summed E-state index contributed by atoms with van der Waals surface area (Å²) in [5, 5.41) is 0. The summed E-state index contributed by atoms with van der Waals surface area (Å²) in [5.74, 6) is -0.603. The molecule has 0 saturated carbocycles. The third kappa shape index (κ3) is 5.63. The maximum atomic E-state index is 12.6. The van der Waals surface area contributed by atoms with Gasteiger partial charge in [-0.05, 0) is 54.3 Å². The number of amides is 2. The van der Waals surface area contributed by atoms with Gasteiger partial charge in [0.25, 0.3) is 5.91 Å². The molecule has 2 aromatic carbocycles. The Kier molecular flexibility index (Phi) is 5.95.